The maximum Gasteiger partial charge on any atom is 0.332 e. The molecule has 0 N–H and O–H groups in total. The summed E-state index contributed by atoms with van der Waals surface area (Å²) in [5, 5.41) is 0. The molecule has 2 aromatic heterocycles. The van der Waals surface area contributed by atoms with Crippen LogP contribution < -0.4 is 11.2 Å². The monoisotopic (exact) mass is 277 g/mol. The van der Waals surface area contributed by atoms with Crippen molar-refractivity contribution in [1.82, 2.24) is 23.6 Å². The van der Waals surface area contributed by atoms with Crippen LogP contribution in [0.3, 0.4) is 0 Å². The van der Waals surface area contributed by atoms with E-state index in [1.807, 2.05) is 4.57 Å². The quantitative estimate of drug-likeness (QED) is 0.715. The van der Waals surface area contributed by atoms with E-state index < -0.39 is 0 Å². The molecule has 0 aliphatic carbocycles. The lowest BCUT2D eigenvalue weighted by molar-refractivity contribution is 0.175. The normalized spacial score (nSPS) is 16.1. The molecule has 3 heterocycles. The van der Waals surface area contributed by atoms with Gasteiger partial charge in [0.15, 0.2) is 11.2 Å². The second-order valence-electron chi connectivity index (χ2n) is 5.62. The lowest BCUT2D eigenvalue weighted by Crippen LogP contribution is -2.40. The zero-order chi connectivity index (χ0) is 14.6. The van der Waals surface area contributed by atoms with Gasteiger partial charge in [-0.2, -0.15) is 0 Å². The topological polar surface area (TPSA) is 65.1 Å². The Morgan fingerprint density at radius 3 is 2.45 bits per heavy atom. The van der Waals surface area contributed by atoms with Crippen molar-refractivity contribution >= 4 is 11.2 Å². The van der Waals surface area contributed by atoms with Crippen LogP contribution in [0, 0.1) is 0 Å². The summed E-state index contributed by atoms with van der Waals surface area (Å²) in [6.07, 6.45) is 0. The molecule has 0 atom stereocenters. The van der Waals surface area contributed by atoms with E-state index in [0.717, 1.165) is 23.5 Å². The fourth-order valence-electron chi connectivity index (χ4n) is 2.78. The van der Waals surface area contributed by atoms with Crippen molar-refractivity contribution in [1.29, 1.82) is 0 Å². The summed E-state index contributed by atoms with van der Waals surface area (Å²) in [6.45, 7) is 6.63. The van der Waals surface area contributed by atoms with E-state index in [0.29, 0.717) is 23.8 Å². The van der Waals surface area contributed by atoms with Crippen LogP contribution in [0.2, 0.25) is 0 Å². The van der Waals surface area contributed by atoms with Gasteiger partial charge >= 0.3 is 5.69 Å². The van der Waals surface area contributed by atoms with Gasteiger partial charge in [-0.05, 0) is 13.8 Å². The Morgan fingerprint density at radius 1 is 1.10 bits per heavy atom. The summed E-state index contributed by atoms with van der Waals surface area (Å²) in [6, 6.07) is 0.440. The first-order valence-corrected chi connectivity index (χ1v) is 6.81. The maximum atomic E-state index is 12.3. The summed E-state index contributed by atoms with van der Waals surface area (Å²) in [4.78, 5) is 31.1. The molecule has 0 fully saturated rings. The van der Waals surface area contributed by atoms with Crippen LogP contribution in [0.25, 0.3) is 11.2 Å². The summed E-state index contributed by atoms with van der Waals surface area (Å²) in [5.41, 5.74) is 0.422. The Hall–Kier alpha value is -1.89. The molecule has 20 heavy (non-hydrogen) atoms. The smallest absolute Gasteiger partial charge is 0.320 e. The van der Waals surface area contributed by atoms with Crippen LogP contribution in [0.15, 0.2) is 9.59 Å². The van der Waals surface area contributed by atoms with Crippen molar-refractivity contribution in [3.8, 4) is 0 Å². The molecule has 0 saturated heterocycles. The predicted octanol–water partition coefficient (Wildman–Crippen LogP) is -0.342. The highest BCUT2D eigenvalue weighted by atomic mass is 16.2. The number of hydrogen-bond acceptors (Lipinski definition) is 4. The van der Waals surface area contributed by atoms with Crippen LogP contribution in [0.1, 0.15) is 19.7 Å². The third-order valence-corrected chi connectivity index (χ3v) is 4.11. The second-order valence-corrected chi connectivity index (χ2v) is 5.62. The minimum absolute atomic E-state index is 0.264. The summed E-state index contributed by atoms with van der Waals surface area (Å²) < 4.78 is 4.55. The van der Waals surface area contributed by atoms with Crippen LogP contribution in [-0.2, 0) is 27.2 Å². The molecule has 7 heteroatoms. The van der Waals surface area contributed by atoms with Crippen molar-refractivity contribution in [2.75, 3.05) is 6.54 Å². The molecule has 1 aliphatic heterocycles. The number of aryl methyl sites for hydroxylation is 1. The lowest BCUT2D eigenvalue weighted by Gasteiger charge is -2.30. The zero-order valence-corrected chi connectivity index (χ0v) is 12.3. The highest BCUT2D eigenvalue weighted by Crippen LogP contribution is 2.18. The van der Waals surface area contributed by atoms with Gasteiger partial charge in [-0.1, -0.05) is 0 Å². The maximum absolute atomic E-state index is 12.3. The van der Waals surface area contributed by atoms with Gasteiger partial charge in [0.25, 0.3) is 5.56 Å². The highest BCUT2D eigenvalue weighted by Gasteiger charge is 2.25. The Labute approximate surface area is 116 Å². The molecule has 2 aromatic rings. The fourth-order valence-corrected chi connectivity index (χ4v) is 2.78. The van der Waals surface area contributed by atoms with E-state index in [4.69, 9.17) is 0 Å². The van der Waals surface area contributed by atoms with Gasteiger partial charge in [-0.3, -0.25) is 18.8 Å². The first-order chi connectivity index (χ1) is 9.41. The summed E-state index contributed by atoms with van der Waals surface area (Å²) in [7, 11) is 3.16. The van der Waals surface area contributed by atoms with Crippen LogP contribution in [-0.4, -0.2) is 36.2 Å². The van der Waals surface area contributed by atoms with E-state index in [1.165, 1.54) is 11.6 Å². The van der Waals surface area contributed by atoms with Gasteiger partial charge in [-0.25, -0.2) is 9.78 Å². The van der Waals surface area contributed by atoms with E-state index in [2.05, 4.69) is 23.7 Å². The average Bonchev–Trinajstić information content (AvgIpc) is 2.81. The molecule has 0 amide bonds. The SMILES string of the molecule is CC(C)N1CCn2c(nc3c2c(=O)n(C)c(=O)n3C)C1. The van der Waals surface area contributed by atoms with Crippen LogP contribution >= 0.6 is 0 Å². The third-order valence-electron chi connectivity index (χ3n) is 4.11. The van der Waals surface area contributed by atoms with Gasteiger partial charge in [0, 0.05) is 33.2 Å². The molecule has 0 aromatic carbocycles. The molecule has 0 bridgehead atoms. The lowest BCUT2D eigenvalue weighted by atomic mass is 10.2. The third kappa shape index (κ3) is 1.66. The van der Waals surface area contributed by atoms with Gasteiger partial charge in [0.05, 0.1) is 6.54 Å². The minimum atomic E-state index is -0.335. The standard InChI is InChI=1S/C13H19N5O2/c1-8(2)17-5-6-18-9(7-17)14-11-10(18)12(19)16(4)13(20)15(11)3/h8H,5-7H2,1-4H3. The number of rotatable bonds is 1. The number of hydrogen-bond donors (Lipinski definition) is 0. The molecular weight excluding hydrogens is 258 g/mol. The molecule has 0 unspecified atom stereocenters. The van der Waals surface area contributed by atoms with Crippen molar-refractivity contribution in [2.24, 2.45) is 14.1 Å². The van der Waals surface area contributed by atoms with Crippen LogP contribution in [0.5, 0.6) is 0 Å². The van der Waals surface area contributed by atoms with Crippen molar-refractivity contribution in [2.45, 2.75) is 33.0 Å². The van der Waals surface area contributed by atoms with Crippen LogP contribution in [0.4, 0.5) is 0 Å². The molecule has 3 rings (SSSR count). The van der Waals surface area contributed by atoms with Crippen molar-refractivity contribution < 1.29 is 0 Å². The largest absolute Gasteiger partial charge is 0.332 e. The second kappa shape index (κ2) is 4.31. The number of nitrogens with zero attached hydrogens (tertiary/aromatic N) is 5. The number of imidazole rings is 1. The van der Waals surface area contributed by atoms with E-state index >= 15 is 0 Å². The Bertz CT molecular complexity index is 796. The minimum Gasteiger partial charge on any atom is -0.320 e. The average molecular weight is 277 g/mol. The summed E-state index contributed by atoms with van der Waals surface area (Å²) in [5.74, 6) is 0.859. The molecule has 0 spiro atoms. The predicted molar refractivity (Wildman–Crippen MR) is 75.8 cm³/mol. The van der Waals surface area contributed by atoms with Crippen molar-refractivity contribution in [3.63, 3.8) is 0 Å². The van der Waals surface area contributed by atoms with E-state index in [-0.39, 0.29) is 11.2 Å². The first kappa shape index (κ1) is 13.1. The molecule has 0 saturated carbocycles. The van der Waals surface area contributed by atoms with Gasteiger partial charge < -0.3 is 4.57 Å². The summed E-state index contributed by atoms with van der Waals surface area (Å²) >= 11 is 0. The molecule has 7 nitrogen and oxygen atoms in total. The fraction of sp³-hybridized carbons (Fsp3) is 0.615. The van der Waals surface area contributed by atoms with Gasteiger partial charge in [-0.15, -0.1) is 0 Å². The Morgan fingerprint density at radius 2 is 1.80 bits per heavy atom. The van der Waals surface area contributed by atoms with E-state index in [9.17, 15) is 9.59 Å². The first-order valence-electron chi connectivity index (χ1n) is 6.81. The Kier molecular flexibility index (Phi) is 2.82. The molecule has 0 radical (unpaired) electrons. The van der Waals surface area contributed by atoms with Crippen molar-refractivity contribution in [3.05, 3.63) is 26.7 Å². The number of aromatic nitrogens is 4. The number of fused-ring (bicyclic) bond motifs is 3. The highest BCUT2D eigenvalue weighted by molar-refractivity contribution is 5.71. The molecule has 1 aliphatic rings. The molecular formula is C13H19N5O2. The van der Waals surface area contributed by atoms with Gasteiger partial charge in [0.1, 0.15) is 5.82 Å². The Balaban J connectivity index is 2.29. The van der Waals surface area contributed by atoms with Gasteiger partial charge in [0.2, 0.25) is 0 Å². The van der Waals surface area contributed by atoms with E-state index in [1.54, 1.807) is 7.05 Å². The molecule has 108 valence electrons. The zero-order valence-electron chi connectivity index (χ0n) is 12.3.